The number of anilines is 1. The molecule has 2 aromatic carbocycles. The number of benzene rings is 2. The van der Waals surface area contributed by atoms with Crippen LogP contribution in [0.1, 0.15) is 48.5 Å². The first-order valence-electron chi connectivity index (χ1n) is 9.45. The fourth-order valence-electron chi connectivity index (χ4n) is 3.09. The molecule has 5 heteroatoms. The first-order chi connectivity index (χ1) is 13.0. The number of hydrogen-bond acceptors (Lipinski definition) is 3. The van der Waals surface area contributed by atoms with E-state index in [1.807, 2.05) is 29.2 Å². The smallest absolute Gasteiger partial charge is 0.262 e. The van der Waals surface area contributed by atoms with Gasteiger partial charge in [0.1, 0.15) is 5.75 Å². The number of likely N-dealkylation sites (tertiary alicyclic amines) is 1. The van der Waals surface area contributed by atoms with E-state index in [0.29, 0.717) is 22.9 Å². The summed E-state index contributed by atoms with van der Waals surface area (Å²) in [6.07, 6.45) is 2.14. The molecule has 0 aliphatic carbocycles. The number of nitrogens with zero attached hydrogens (tertiary/aromatic N) is 1. The zero-order valence-corrected chi connectivity index (χ0v) is 15.9. The quantitative estimate of drug-likeness (QED) is 0.839. The van der Waals surface area contributed by atoms with Crippen molar-refractivity contribution in [1.82, 2.24) is 4.90 Å². The van der Waals surface area contributed by atoms with Crippen LogP contribution in [0.15, 0.2) is 48.5 Å². The molecule has 1 heterocycles. The summed E-state index contributed by atoms with van der Waals surface area (Å²) in [5, 5.41) is 2.79. The minimum atomic E-state index is -0.235. The molecule has 0 radical (unpaired) electrons. The molecular formula is C22H26N2O3. The van der Waals surface area contributed by atoms with Gasteiger partial charge in [0.15, 0.2) is 6.61 Å². The van der Waals surface area contributed by atoms with Crippen LogP contribution in [0.2, 0.25) is 0 Å². The SMILES string of the molecule is CC(C)c1ccc(OCC(=O)Nc2ccc(C(=O)N3CCCC3)cc2)cc1. The van der Waals surface area contributed by atoms with Gasteiger partial charge >= 0.3 is 0 Å². The second kappa shape index (κ2) is 8.71. The minimum Gasteiger partial charge on any atom is -0.484 e. The molecule has 1 saturated heterocycles. The lowest BCUT2D eigenvalue weighted by Crippen LogP contribution is -2.27. The predicted octanol–water partition coefficient (Wildman–Crippen LogP) is 4.06. The van der Waals surface area contributed by atoms with Gasteiger partial charge in [0.2, 0.25) is 0 Å². The van der Waals surface area contributed by atoms with Gasteiger partial charge in [-0.25, -0.2) is 0 Å². The van der Waals surface area contributed by atoms with Gasteiger partial charge in [-0.05, 0) is 60.7 Å². The van der Waals surface area contributed by atoms with Gasteiger partial charge in [-0.3, -0.25) is 9.59 Å². The Balaban J connectivity index is 1.49. The van der Waals surface area contributed by atoms with Gasteiger partial charge in [0.05, 0.1) is 0 Å². The van der Waals surface area contributed by atoms with Crippen molar-refractivity contribution in [2.75, 3.05) is 25.0 Å². The molecule has 27 heavy (non-hydrogen) atoms. The Morgan fingerprint density at radius 1 is 1.00 bits per heavy atom. The predicted molar refractivity (Wildman–Crippen MR) is 106 cm³/mol. The summed E-state index contributed by atoms with van der Waals surface area (Å²) in [4.78, 5) is 26.3. The first-order valence-corrected chi connectivity index (χ1v) is 9.45. The molecule has 0 bridgehead atoms. The molecule has 0 aromatic heterocycles. The first kappa shape index (κ1) is 19.0. The van der Waals surface area contributed by atoms with Crippen LogP contribution in [0.5, 0.6) is 5.75 Å². The molecule has 0 spiro atoms. The van der Waals surface area contributed by atoms with Crippen LogP contribution >= 0.6 is 0 Å². The topological polar surface area (TPSA) is 58.6 Å². The molecule has 142 valence electrons. The second-order valence-electron chi connectivity index (χ2n) is 7.14. The maximum absolute atomic E-state index is 12.3. The minimum absolute atomic E-state index is 0.0542. The maximum atomic E-state index is 12.3. The van der Waals surface area contributed by atoms with Crippen LogP contribution in [0.25, 0.3) is 0 Å². The van der Waals surface area contributed by atoms with E-state index in [9.17, 15) is 9.59 Å². The van der Waals surface area contributed by atoms with Crippen LogP contribution in [0.4, 0.5) is 5.69 Å². The lowest BCUT2D eigenvalue weighted by atomic mass is 10.0. The Morgan fingerprint density at radius 3 is 2.22 bits per heavy atom. The number of hydrogen-bond donors (Lipinski definition) is 1. The summed E-state index contributed by atoms with van der Waals surface area (Å²) >= 11 is 0. The summed E-state index contributed by atoms with van der Waals surface area (Å²) in [6, 6.07) is 14.8. The van der Waals surface area contributed by atoms with E-state index in [1.54, 1.807) is 24.3 Å². The summed E-state index contributed by atoms with van der Waals surface area (Å²) in [7, 11) is 0. The molecule has 0 atom stereocenters. The maximum Gasteiger partial charge on any atom is 0.262 e. The zero-order chi connectivity index (χ0) is 19.2. The van der Waals surface area contributed by atoms with E-state index in [-0.39, 0.29) is 18.4 Å². The molecular weight excluding hydrogens is 340 g/mol. The van der Waals surface area contributed by atoms with Crippen molar-refractivity contribution < 1.29 is 14.3 Å². The van der Waals surface area contributed by atoms with Crippen molar-refractivity contribution in [3.05, 3.63) is 59.7 Å². The van der Waals surface area contributed by atoms with E-state index in [0.717, 1.165) is 25.9 Å². The Labute approximate surface area is 160 Å². The van der Waals surface area contributed by atoms with E-state index < -0.39 is 0 Å². The number of nitrogens with one attached hydrogen (secondary N) is 1. The number of carbonyl (C=O) groups is 2. The van der Waals surface area contributed by atoms with Crippen molar-refractivity contribution in [3.8, 4) is 5.75 Å². The highest BCUT2D eigenvalue weighted by Gasteiger charge is 2.19. The van der Waals surface area contributed by atoms with Crippen LogP contribution in [-0.4, -0.2) is 36.4 Å². The average molecular weight is 366 g/mol. The fraction of sp³-hybridized carbons (Fsp3) is 0.364. The number of carbonyl (C=O) groups excluding carboxylic acids is 2. The summed E-state index contributed by atoms with van der Waals surface area (Å²) in [6.45, 7) is 5.86. The Bertz CT molecular complexity index is 776. The highest BCUT2D eigenvalue weighted by Crippen LogP contribution is 2.19. The Kier molecular flexibility index (Phi) is 6.12. The third kappa shape index (κ3) is 5.09. The molecule has 3 rings (SSSR count). The molecule has 1 fully saturated rings. The van der Waals surface area contributed by atoms with Crippen molar-refractivity contribution in [2.45, 2.75) is 32.6 Å². The summed E-state index contributed by atoms with van der Waals surface area (Å²) < 4.78 is 5.53. The fourth-order valence-corrected chi connectivity index (χ4v) is 3.09. The highest BCUT2D eigenvalue weighted by molar-refractivity contribution is 5.96. The van der Waals surface area contributed by atoms with Gasteiger partial charge in [-0.15, -0.1) is 0 Å². The van der Waals surface area contributed by atoms with Gasteiger partial charge in [-0.1, -0.05) is 26.0 Å². The van der Waals surface area contributed by atoms with E-state index >= 15 is 0 Å². The molecule has 5 nitrogen and oxygen atoms in total. The van der Waals surface area contributed by atoms with Crippen molar-refractivity contribution >= 4 is 17.5 Å². The molecule has 0 unspecified atom stereocenters. The molecule has 2 aromatic rings. The molecule has 1 aliphatic rings. The van der Waals surface area contributed by atoms with Crippen molar-refractivity contribution in [1.29, 1.82) is 0 Å². The molecule has 0 saturated carbocycles. The lowest BCUT2D eigenvalue weighted by Gasteiger charge is -2.15. The van der Waals surface area contributed by atoms with Crippen molar-refractivity contribution in [2.24, 2.45) is 0 Å². The third-order valence-electron chi connectivity index (χ3n) is 4.73. The molecule has 2 amide bonds. The van der Waals surface area contributed by atoms with E-state index in [2.05, 4.69) is 19.2 Å². The molecule has 1 N–H and O–H groups in total. The van der Waals surface area contributed by atoms with Gasteiger partial charge in [-0.2, -0.15) is 0 Å². The average Bonchev–Trinajstić information content (AvgIpc) is 3.21. The number of amides is 2. The highest BCUT2D eigenvalue weighted by atomic mass is 16.5. The van der Waals surface area contributed by atoms with E-state index in [1.165, 1.54) is 5.56 Å². The number of ether oxygens (including phenoxy) is 1. The Hall–Kier alpha value is -2.82. The van der Waals surface area contributed by atoms with Gasteiger partial charge in [0.25, 0.3) is 11.8 Å². The standard InChI is InChI=1S/C22H26N2O3/c1-16(2)17-7-11-20(12-8-17)27-15-21(25)23-19-9-5-18(6-10-19)22(26)24-13-3-4-14-24/h5-12,16H,3-4,13-15H2,1-2H3,(H,23,25). The van der Waals surface area contributed by atoms with Crippen LogP contribution in [0, 0.1) is 0 Å². The number of rotatable bonds is 6. The summed E-state index contributed by atoms with van der Waals surface area (Å²) in [5.74, 6) is 0.948. The zero-order valence-electron chi connectivity index (χ0n) is 15.9. The van der Waals surface area contributed by atoms with Crippen molar-refractivity contribution in [3.63, 3.8) is 0 Å². The van der Waals surface area contributed by atoms with Gasteiger partial charge < -0.3 is 15.0 Å². The van der Waals surface area contributed by atoms with Crippen LogP contribution in [-0.2, 0) is 4.79 Å². The second-order valence-corrected chi connectivity index (χ2v) is 7.14. The largest absolute Gasteiger partial charge is 0.484 e. The third-order valence-corrected chi connectivity index (χ3v) is 4.73. The monoisotopic (exact) mass is 366 g/mol. The van der Waals surface area contributed by atoms with Gasteiger partial charge in [0, 0.05) is 24.3 Å². The van der Waals surface area contributed by atoms with E-state index in [4.69, 9.17) is 4.74 Å². The normalized spacial score (nSPS) is 13.7. The Morgan fingerprint density at radius 2 is 1.63 bits per heavy atom. The summed E-state index contributed by atoms with van der Waals surface area (Å²) in [5.41, 5.74) is 2.53. The van der Waals surface area contributed by atoms with Crippen LogP contribution in [0.3, 0.4) is 0 Å². The molecule has 1 aliphatic heterocycles. The lowest BCUT2D eigenvalue weighted by molar-refractivity contribution is -0.118. The van der Waals surface area contributed by atoms with Crippen LogP contribution < -0.4 is 10.1 Å².